The molecule has 0 fully saturated rings. The van der Waals surface area contributed by atoms with Crippen molar-refractivity contribution in [2.75, 3.05) is 20.5 Å². The van der Waals surface area contributed by atoms with E-state index in [9.17, 15) is 13.2 Å². The van der Waals surface area contributed by atoms with Gasteiger partial charge in [-0.2, -0.15) is 0 Å². The van der Waals surface area contributed by atoms with Gasteiger partial charge in [-0.1, -0.05) is 36.3 Å². The number of hydrogen-bond donors (Lipinski definition) is 0. The number of carbonyl (C=O) groups excluding carboxylic acids is 1. The molecule has 0 atom stereocenters. The number of ether oxygens (including phenoxy) is 2. The van der Waals surface area contributed by atoms with Crippen LogP contribution in [0.4, 0.5) is 0 Å². The van der Waals surface area contributed by atoms with E-state index in [2.05, 4.69) is 11.8 Å². The third-order valence-electron chi connectivity index (χ3n) is 4.35. The van der Waals surface area contributed by atoms with Crippen LogP contribution in [0.15, 0.2) is 65.1 Å². The second kappa shape index (κ2) is 9.41. The van der Waals surface area contributed by atoms with Crippen LogP contribution in [-0.4, -0.2) is 39.1 Å². The fraction of sp³-hybridized carbons (Fsp3) is 0.174. The fourth-order valence-corrected chi connectivity index (χ4v) is 3.64. The van der Waals surface area contributed by atoms with E-state index < -0.39 is 15.9 Å². The van der Waals surface area contributed by atoms with Crippen molar-refractivity contribution in [3.05, 3.63) is 83.3 Å². The number of carbonyl (C=O) groups is 1. The van der Waals surface area contributed by atoms with Crippen LogP contribution in [0, 0.1) is 11.8 Å². The quantitative estimate of drug-likeness (QED) is 0.548. The molecule has 160 valence electrons. The molecule has 0 spiro atoms. The first kappa shape index (κ1) is 22.0. The lowest BCUT2D eigenvalue weighted by Gasteiger charge is -2.21. The molecule has 31 heavy (non-hydrogen) atoms. The number of hydrogen-bond acceptors (Lipinski definition) is 6. The molecule has 0 aliphatic carbocycles. The van der Waals surface area contributed by atoms with Crippen LogP contribution in [0.25, 0.3) is 0 Å². The summed E-state index contributed by atoms with van der Waals surface area (Å²) in [6, 6.07) is 17.2. The van der Waals surface area contributed by atoms with Crippen LogP contribution in [0.1, 0.15) is 27.4 Å². The molecule has 1 aromatic heterocycles. The zero-order chi connectivity index (χ0) is 22.4. The summed E-state index contributed by atoms with van der Waals surface area (Å²) in [5.74, 6) is 5.83. The van der Waals surface area contributed by atoms with Gasteiger partial charge in [0.05, 0.1) is 27.0 Å². The van der Waals surface area contributed by atoms with Crippen molar-refractivity contribution in [2.45, 2.75) is 6.54 Å². The minimum absolute atomic E-state index is 0.135. The van der Waals surface area contributed by atoms with Gasteiger partial charge in [0.2, 0.25) is 10.0 Å². The van der Waals surface area contributed by atoms with E-state index in [-0.39, 0.29) is 18.1 Å². The van der Waals surface area contributed by atoms with E-state index in [1.54, 1.807) is 18.2 Å². The molecule has 3 rings (SSSR count). The molecule has 1 heterocycles. The summed E-state index contributed by atoms with van der Waals surface area (Å²) in [6.45, 7) is -0.246. The van der Waals surface area contributed by atoms with Crippen LogP contribution in [0.2, 0.25) is 0 Å². The van der Waals surface area contributed by atoms with E-state index in [0.717, 1.165) is 16.1 Å². The zero-order valence-electron chi connectivity index (χ0n) is 17.3. The molecule has 0 saturated carbocycles. The highest BCUT2D eigenvalue weighted by Gasteiger charge is 2.28. The minimum Gasteiger partial charge on any atom is -0.493 e. The van der Waals surface area contributed by atoms with Crippen LogP contribution in [0.5, 0.6) is 11.5 Å². The summed E-state index contributed by atoms with van der Waals surface area (Å²) in [5, 5.41) is 0. The maximum absolute atomic E-state index is 13.0. The highest BCUT2D eigenvalue weighted by Crippen LogP contribution is 2.32. The number of benzene rings is 2. The summed E-state index contributed by atoms with van der Waals surface area (Å²) < 4.78 is 41.6. The maximum Gasteiger partial charge on any atom is 0.303 e. The molecule has 8 heteroatoms. The minimum atomic E-state index is -3.91. The van der Waals surface area contributed by atoms with Gasteiger partial charge in [0.25, 0.3) is 0 Å². The van der Waals surface area contributed by atoms with Crippen molar-refractivity contribution in [1.29, 1.82) is 0 Å². The molecule has 0 aliphatic rings. The molecule has 0 N–H and O–H groups in total. The monoisotopic (exact) mass is 439 g/mol. The van der Waals surface area contributed by atoms with Gasteiger partial charge in [-0.15, -0.1) is 0 Å². The zero-order valence-corrected chi connectivity index (χ0v) is 18.1. The molecule has 0 bridgehead atoms. The Balaban J connectivity index is 1.89. The Bertz CT molecular complexity index is 1240. The van der Waals surface area contributed by atoms with Gasteiger partial charge >= 0.3 is 5.91 Å². The topological polar surface area (TPSA) is 86.0 Å². The fourth-order valence-electron chi connectivity index (χ4n) is 2.87. The van der Waals surface area contributed by atoms with Crippen molar-refractivity contribution in [3.63, 3.8) is 0 Å². The van der Waals surface area contributed by atoms with Crippen LogP contribution in [-0.2, 0) is 16.6 Å². The lowest BCUT2D eigenvalue weighted by molar-refractivity contribution is 0.0824. The Morgan fingerprint density at radius 1 is 0.968 bits per heavy atom. The first-order valence-corrected chi connectivity index (χ1v) is 11.1. The average Bonchev–Trinajstić information content (AvgIpc) is 3.24. The predicted octanol–water partition coefficient (Wildman–Crippen LogP) is 3.30. The lowest BCUT2D eigenvalue weighted by atomic mass is 10.2. The maximum atomic E-state index is 13.0. The average molecular weight is 439 g/mol. The molecule has 7 nitrogen and oxygen atoms in total. The first-order chi connectivity index (χ1) is 14.8. The third-order valence-corrected chi connectivity index (χ3v) is 5.44. The second-order valence-corrected chi connectivity index (χ2v) is 8.41. The van der Waals surface area contributed by atoms with Crippen molar-refractivity contribution in [1.82, 2.24) is 4.31 Å². The predicted molar refractivity (Wildman–Crippen MR) is 115 cm³/mol. The van der Waals surface area contributed by atoms with Crippen LogP contribution >= 0.6 is 0 Å². The third kappa shape index (κ3) is 5.27. The summed E-state index contributed by atoms with van der Waals surface area (Å²) in [4.78, 5) is 13.0. The van der Waals surface area contributed by atoms with Crippen molar-refractivity contribution in [2.24, 2.45) is 0 Å². The Morgan fingerprint density at radius 2 is 1.71 bits per heavy atom. The van der Waals surface area contributed by atoms with Crippen molar-refractivity contribution >= 4 is 15.9 Å². The number of furan rings is 1. The van der Waals surface area contributed by atoms with Gasteiger partial charge in [0, 0.05) is 11.1 Å². The second-order valence-electron chi connectivity index (χ2n) is 6.51. The van der Waals surface area contributed by atoms with Gasteiger partial charge in [-0.3, -0.25) is 4.79 Å². The highest BCUT2D eigenvalue weighted by molar-refractivity contribution is 7.88. The molecule has 0 radical (unpaired) electrons. The number of sulfonamides is 1. The molecule has 0 unspecified atom stereocenters. The normalized spacial score (nSPS) is 10.7. The Hall–Kier alpha value is -3.70. The van der Waals surface area contributed by atoms with E-state index in [1.807, 2.05) is 30.3 Å². The summed E-state index contributed by atoms with van der Waals surface area (Å²) in [7, 11) is -0.993. The van der Waals surface area contributed by atoms with Gasteiger partial charge in [0.1, 0.15) is 0 Å². The van der Waals surface area contributed by atoms with E-state index >= 15 is 0 Å². The van der Waals surface area contributed by atoms with E-state index in [1.165, 1.54) is 26.4 Å². The number of amides is 1. The van der Waals surface area contributed by atoms with Gasteiger partial charge in [0.15, 0.2) is 23.0 Å². The number of rotatable bonds is 6. The smallest absolute Gasteiger partial charge is 0.303 e. The Morgan fingerprint density at radius 3 is 2.35 bits per heavy atom. The summed E-state index contributed by atoms with van der Waals surface area (Å²) >= 11 is 0. The SMILES string of the molecule is COc1cccc(CN(C(=O)c2ccc(C#Cc3ccccc3)o2)S(C)(=O)=O)c1OC. The van der Waals surface area contributed by atoms with Gasteiger partial charge < -0.3 is 13.9 Å². The molecule has 2 aromatic carbocycles. The first-order valence-electron chi connectivity index (χ1n) is 9.22. The lowest BCUT2D eigenvalue weighted by Crippen LogP contribution is -2.35. The molecular weight excluding hydrogens is 418 g/mol. The molecule has 0 saturated heterocycles. The molecule has 0 aliphatic heterocycles. The molecule has 1 amide bonds. The van der Waals surface area contributed by atoms with Gasteiger partial charge in [-0.25, -0.2) is 12.7 Å². The van der Waals surface area contributed by atoms with Gasteiger partial charge in [-0.05, 0) is 36.3 Å². The van der Waals surface area contributed by atoms with Crippen LogP contribution in [0.3, 0.4) is 0 Å². The van der Waals surface area contributed by atoms with E-state index in [0.29, 0.717) is 17.1 Å². The van der Waals surface area contributed by atoms with Crippen LogP contribution < -0.4 is 9.47 Å². The Labute approximate surface area is 181 Å². The Kier molecular flexibility index (Phi) is 6.68. The summed E-state index contributed by atoms with van der Waals surface area (Å²) in [5.41, 5.74) is 1.26. The number of methoxy groups -OCH3 is 2. The van der Waals surface area contributed by atoms with Crippen molar-refractivity contribution in [3.8, 4) is 23.3 Å². The number of nitrogens with zero attached hydrogens (tertiary/aromatic N) is 1. The number of para-hydroxylation sites is 1. The van der Waals surface area contributed by atoms with E-state index in [4.69, 9.17) is 13.9 Å². The standard InChI is InChI=1S/C23H21NO6S/c1-28-20-11-7-10-18(22(20)29-2)16-24(31(3,26)27)23(25)21-15-14-19(30-21)13-12-17-8-5-4-6-9-17/h4-11,14-15H,16H2,1-3H3. The molecule has 3 aromatic rings. The largest absolute Gasteiger partial charge is 0.493 e. The highest BCUT2D eigenvalue weighted by atomic mass is 32.2. The van der Waals surface area contributed by atoms with Crippen molar-refractivity contribution < 1.29 is 27.1 Å². The summed E-state index contributed by atoms with van der Waals surface area (Å²) in [6.07, 6.45) is 0.955. The molecular formula is C23H21NO6S.